The Hall–Kier alpha value is -1.12. The summed E-state index contributed by atoms with van der Waals surface area (Å²) in [6.45, 7) is 1.36. The molecule has 2 heteroatoms. The highest BCUT2D eigenvalue weighted by molar-refractivity contribution is 5.20. The molecule has 0 unspecified atom stereocenters. The average Bonchev–Trinajstić information content (AvgIpc) is 2.31. The normalized spacial score (nSPS) is 18.3. The molecule has 0 fully saturated rings. The van der Waals surface area contributed by atoms with E-state index in [0.717, 1.165) is 24.2 Å². The fourth-order valence-electron chi connectivity index (χ4n) is 1.78. The lowest BCUT2D eigenvalue weighted by atomic mass is 10.0. The molecule has 0 saturated carbocycles. The van der Waals surface area contributed by atoms with Crippen LogP contribution in [0.15, 0.2) is 42.0 Å². The lowest BCUT2D eigenvalue weighted by Gasteiger charge is -2.19. The summed E-state index contributed by atoms with van der Waals surface area (Å²) in [7, 11) is 0. The third kappa shape index (κ3) is 2.91. The van der Waals surface area contributed by atoms with Crippen LogP contribution in [0.1, 0.15) is 12.0 Å². The second-order valence-corrected chi connectivity index (χ2v) is 3.83. The zero-order chi connectivity index (χ0) is 10.5. The summed E-state index contributed by atoms with van der Waals surface area (Å²) in [5.74, 6) is 0. The van der Waals surface area contributed by atoms with Gasteiger partial charge < -0.3 is 9.84 Å². The van der Waals surface area contributed by atoms with Gasteiger partial charge in [0.2, 0.25) is 0 Å². The molecule has 0 amide bonds. The van der Waals surface area contributed by atoms with Gasteiger partial charge in [0.05, 0.1) is 19.3 Å². The van der Waals surface area contributed by atoms with Gasteiger partial charge in [-0.3, -0.25) is 0 Å². The molecule has 2 rings (SSSR count). The average molecular weight is 204 g/mol. The SMILES string of the molecule is O[C@@H](Cc1ccccc1)C1=CCCOC1. The Labute approximate surface area is 90.2 Å². The minimum Gasteiger partial charge on any atom is -0.388 e. The van der Waals surface area contributed by atoms with Crippen molar-refractivity contribution in [2.45, 2.75) is 18.9 Å². The molecule has 1 aromatic carbocycles. The maximum atomic E-state index is 9.98. The molecule has 1 aliphatic heterocycles. The highest BCUT2D eigenvalue weighted by Crippen LogP contribution is 2.14. The van der Waals surface area contributed by atoms with Gasteiger partial charge in [-0.2, -0.15) is 0 Å². The van der Waals surface area contributed by atoms with Crippen LogP contribution in [0, 0.1) is 0 Å². The molecule has 15 heavy (non-hydrogen) atoms. The fraction of sp³-hybridized carbons (Fsp3) is 0.385. The van der Waals surface area contributed by atoms with E-state index in [9.17, 15) is 5.11 Å². The van der Waals surface area contributed by atoms with Crippen molar-refractivity contribution in [1.82, 2.24) is 0 Å². The zero-order valence-electron chi connectivity index (χ0n) is 8.73. The van der Waals surface area contributed by atoms with Crippen molar-refractivity contribution in [3.05, 3.63) is 47.5 Å². The Kier molecular flexibility index (Phi) is 3.54. The highest BCUT2D eigenvalue weighted by Gasteiger charge is 2.13. The van der Waals surface area contributed by atoms with Gasteiger partial charge in [0.15, 0.2) is 0 Å². The summed E-state index contributed by atoms with van der Waals surface area (Å²) in [5.41, 5.74) is 2.18. The van der Waals surface area contributed by atoms with Crippen LogP contribution in [0.25, 0.3) is 0 Å². The predicted octanol–water partition coefficient (Wildman–Crippen LogP) is 1.94. The van der Waals surface area contributed by atoms with Crippen LogP contribution in [-0.2, 0) is 11.2 Å². The molecule has 2 nitrogen and oxygen atoms in total. The largest absolute Gasteiger partial charge is 0.388 e. The van der Waals surface area contributed by atoms with Crippen LogP contribution >= 0.6 is 0 Å². The van der Waals surface area contributed by atoms with E-state index < -0.39 is 6.10 Å². The Balaban J connectivity index is 1.97. The van der Waals surface area contributed by atoms with Gasteiger partial charge in [-0.15, -0.1) is 0 Å². The molecule has 1 heterocycles. The van der Waals surface area contributed by atoms with Crippen LogP contribution in [-0.4, -0.2) is 24.4 Å². The third-order valence-electron chi connectivity index (χ3n) is 2.64. The number of rotatable bonds is 3. The molecule has 0 saturated heterocycles. The van der Waals surface area contributed by atoms with E-state index in [-0.39, 0.29) is 0 Å². The van der Waals surface area contributed by atoms with E-state index in [0.29, 0.717) is 13.0 Å². The number of aliphatic hydroxyl groups excluding tert-OH is 1. The lowest BCUT2D eigenvalue weighted by Crippen LogP contribution is -2.20. The molecule has 1 atom stereocenters. The minimum absolute atomic E-state index is 0.396. The molecule has 0 bridgehead atoms. The lowest BCUT2D eigenvalue weighted by molar-refractivity contribution is 0.117. The van der Waals surface area contributed by atoms with Crippen LogP contribution < -0.4 is 0 Å². The smallest absolute Gasteiger partial charge is 0.0812 e. The van der Waals surface area contributed by atoms with Gasteiger partial charge >= 0.3 is 0 Å². The molecule has 1 aromatic rings. The zero-order valence-corrected chi connectivity index (χ0v) is 8.73. The second kappa shape index (κ2) is 5.10. The summed E-state index contributed by atoms with van der Waals surface area (Å²) < 4.78 is 5.31. The molecular formula is C13H16O2. The topological polar surface area (TPSA) is 29.5 Å². The van der Waals surface area contributed by atoms with Crippen LogP contribution in [0.2, 0.25) is 0 Å². The maximum Gasteiger partial charge on any atom is 0.0812 e. The number of benzene rings is 1. The van der Waals surface area contributed by atoms with E-state index in [4.69, 9.17) is 4.74 Å². The van der Waals surface area contributed by atoms with Gasteiger partial charge in [-0.1, -0.05) is 36.4 Å². The van der Waals surface area contributed by atoms with Crippen molar-refractivity contribution in [1.29, 1.82) is 0 Å². The number of aliphatic hydroxyl groups is 1. The van der Waals surface area contributed by atoms with Gasteiger partial charge in [0.1, 0.15) is 0 Å². The standard InChI is InChI=1S/C13H16O2/c14-13(12-7-4-8-15-10-12)9-11-5-2-1-3-6-11/h1-3,5-7,13-14H,4,8-10H2/t13-/m0/s1. The molecule has 1 N–H and O–H groups in total. The van der Waals surface area contributed by atoms with E-state index in [1.54, 1.807) is 0 Å². The van der Waals surface area contributed by atoms with E-state index in [1.165, 1.54) is 0 Å². The minimum atomic E-state index is -0.396. The second-order valence-electron chi connectivity index (χ2n) is 3.83. The first-order valence-corrected chi connectivity index (χ1v) is 5.35. The summed E-state index contributed by atoms with van der Waals surface area (Å²) in [4.78, 5) is 0. The maximum absolute atomic E-state index is 9.98. The van der Waals surface area contributed by atoms with Crippen molar-refractivity contribution in [2.24, 2.45) is 0 Å². The monoisotopic (exact) mass is 204 g/mol. The number of hydrogen-bond acceptors (Lipinski definition) is 2. The summed E-state index contributed by atoms with van der Waals surface area (Å²) >= 11 is 0. The van der Waals surface area contributed by atoms with E-state index in [2.05, 4.69) is 6.08 Å². The third-order valence-corrected chi connectivity index (χ3v) is 2.64. The Morgan fingerprint density at radius 2 is 2.07 bits per heavy atom. The summed E-state index contributed by atoms with van der Waals surface area (Å²) in [6, 6.07) is 10.0. The Morgan fingerprint density at radius 1 is 1.27 bits per heavy atom. The molecule has 1 aliphatic rings. The molecule has 0 aromatic heterocycles. The van der Waals surface area contributed by atoms with Gasteiger partial charge in [-0.05, 0) is 17.6 Å². The summed E-state index contributed by atoms with van der Waals surface area (Å²) in [6.07, 6.45) is 3.29. The van der Waals surface area contributed by atoms with E-state index in [1.807, 2.05) is 30.3 Å². The highest BCUT2D eigenvalue weighted by atomic mass is 16.5. The van der Waals surface area contributed by atoms with Crippen LogP contribution in [0.4, 0.5) is 0 Å². The Bertz CT molecular complexity index is 330. The predicted molar refractivity (Wildman–Crippen MR) is 59.7 cm³/mol. The Morgan fingerprint density at radius 3 is 2.73 bits per heavy atom. The quantitative estimate of drug-likeness (QED) is 0.762. The van der Waals surface area contributed by atoms with Gasteiger partial charge in [-0.25, -0.2) is 0 Å². The first-order valence-electron chi connectivity index (χ1n) is 5.35. The van der Waals surface area contributed by atoms with Crippen LogP contribution in [0.5, 0.6) is 0 Å². The van der Waals surface area contributed by atoms with E-state index >= 15 is 0 Å². The fourth-order valence-corrected chi connectivity index (χ4v) is 1.78. The number of ether oxygens (including phenoxy) is 1. The molecule has 0 radical (unpaired) electrons. The van der Waals surface area contributed by atoms with Crippen molar-refractivity contribution in [3.63, 3.8) is 0 Å². The molecular weight excluding hydrogens is 188 g/mol. The first-order chi connectivity index (χ1) is 7.36. The van der Waals surface area contributed by atoms with Gasteiger partial charge in [0, 0.05) is 6.42 Å². The summed E-state index contributed by atoms with van der Waals surface area (Å²) in [5, 5.41) is 9.98. The molecule has 80 valence electrons. The number of hydrogen-bond donors (Lipinski definition) is 1. The first kappa shape index (κ1) is 10.4. The molecule has 0 spiro atoms. The van der Waals surface area contributed by atoms with Crippen LogP contribution in [0.3, 0.4) is 0 Å². The van der Waals surface area contributed by atoms with Crippen molar-refractivity contribution in [2.75, 3.05) is 13.2 Å². The van der Waals surface area contributed by atoms with Crippen molar-refractivity contribution >= 4 is 0 Å². The van der Waals surface area contributed by atoms with Crippen molar-refractivity contribution < 1.29 is 9.84 Å². The van der Waals surface area contributed by atoms with Crippen molar-refractivity contribution in [3.8, 4) is 0 Å². The molecule has 0 aliphatic carbocycles. The van der Waals surface area contributed by atoms with Gasteiger partial charge in [0.25, 0.3) is 0 Å².